The predicted octanol–water partition coefficient (Wildman–Crippen LogP) is 3.92. The van der Waals surface area contributed by atoms with E-state index in [0.29, 0.717) is 17.9 Å². The van der Waals surface area contributed by atoms with Gasteiger partial charge in [-0.1, -0.05) is 20.8 Å². The van der Waals surface area contributed by atoms with Crippen LogP contribution in [0.15, 0.2) is 6.07 Å². The van der Waals surface area contributed by atoms with E-state index in [-0.39, 0.29) is 0 Å². The number of hydrogen-bond donors (Lipinski definition) is 1. The van der Waals surface area contributed by atoms with Gasteiger partial charge in [-0.25, -0.2) is 0 Å². The fraction of sp³-hybridized carbons (Fsp3) is 0.692. The van der Waals surface area contributed by atoms with Gasteiger partial charge in [-0.05, 0) is 44.4 Å². The molecule has 1 heterocycles. The largest absolute Gasteiger partial charge is 0.312 e. The van der Waals surface area contributed by atoms with Crippen molar-refractivity contribution in [1.29, 1.82) is 0 Å². The highest BCUT2D eigenvalue weighted by Crippen LogP contribution is 2.34. The molecule has 15 heavy (non-hydrogen) atoms. The zero-order valence-corrected chi connectivity index (χ0v) is 11.5. The number of thiophene rings is 1. The number of aryl methyl sites for hydroxylation is 2. The highest BCUT2D eigenvalue weighted by molar-refractivity contribution is 7.12. The Labute approximate surface area is 97.9 Å². The van der Waals surface area contributed by atoms with Gasteiger partial charge in [0.15, 0.2) is 0 Å². The van der Waals surface area contributed by atoms with Gasteiger partial charge >= 0.3 is 0 Å². The summed E-state index contributed by atoms with van der Waals surface area (Å²) < 4.78 is 0. The van der Waals surface area contributed by atoms with Crippen molar-refractivity contribution >= 4 is 11.3 Å². The summed E-state index contributed by atoms with van der Waals surface area (Å²) in [6.45, 7) is 11.3. The van der Waals surface area contributed by atoms with Gasteiger partial charge in [-0.2, -0.15) is 0 Å². The second-order valence-corrected chi connectivity index (χ2v) is 6.06. The first-order valence-corrected chi connectivity index (χ1v) is 6.53. The van der Waals surface area contributed by atoms with Crippen LogP contribution in [0.25, 0.3) is 0 Å². The van der Waals surface area contributed by atoms with Crippen LogP contribution in [-0.2, 0) is 0 Å². The van der Waals surface area contributed by atoms with E-state index < -0.39 is 0 Å². The molecule has 1 aromatic heterocycles. The van der Waals surface area contributed by atoms with E-state index in [9.17, 15) is 0 Å². The maximum atomic E-state index is 3.46. The summed E-state index contributed by atoms with van der Waals surface area (Å²) in [5.41, 5.74) is 1.43. The van der Waals surface area contributed by atoms with Crippen molar-refractivity contribution in [2.45, 2.75) is 40.7 Å². The average molecular weight is 225 g/mol. The molecule has 0 spiro atoms. The van der Waals surface area contributed by atoms with E-state index >= 15 is 0 Å². The maximum Gasteiger partial charge on any atom is 0.0443 e. The van der Waals surface area contributed by atoms with Gasteiger partial charge in [0.05, 0.1) is 0 Å². The fourth-order valence-electron chi connectivity index (χ4n) is 1.99. The van der Waals surface area contributed by atoms with Crippen LogP contribution in [0.1, 0.15) is 42.1 Å². The molecule has 0 aliphatic carbocycles. The van der Waals surface area contributed by atoms with Crippen LogP contribution in [0.3, 0.4) is 0 Å². The molecular weight excluding hydrogens is 202 g/mol. The minimum absolute atomic E-state index is 0.503. The van der Waals surface area contributed by atoms with Crippen molar-refractivity contribution in [1.82, 2.24) is 5.32 Å². The van der Waals surface area contributed by atoms with Crippen LogP contribution >= 0.6 is 11.3 Å². The van der Waals surface area contributed by atoms with Crippen molar-refractivity contribution in [3.8, 4) is 0 Å². The maximum absolute atomic E-state index is 3.46. The van der Waals surface area contributed by atoms with Crippen LogP contribution in [0.5, 0.6) is 0 Å². The molecule has 0 fully saturated rings. The second-order valence-electron chi connectivity index (χ2n) is 4.77. The number of nitrogens with one attached hydrogen (secondary N) is 1. The van der Waals surface area contributed by atoms with Crippen LogP contribution < -0.4 is 5.32 Å². The molecule has 0 saturated carbocycles. The molecule has 1 aromatic rings. The van der Waals surface area contributed by atoms with Crippen molar-refractivity contribution in [3.05, 3.63) is 21.4 Å². The Kier molecular flexibility index (Phi) is 4.35. The number of hydrogen-bond acceptors (Lipinski definition) is 2. The normalized spacial score (nSPS) is 15.7. The summed E-state index contributed by atoms with van der Waals surface area (Å²) in [7, 11) is 2.07. The molecule has 1 N–H and O–H groups in total. The topological polar surface area (TPSA) is 12.0 Å². The van der Waals surface area contributed by atoms with Crippen LogP contribution in [0, 0.1) is 25.7 Å². The summed E-state index contributed by atoms with van der Waals surface area (Å²) in [5.74, 6) is 1.39. The Bertz CT molecular complexity index is 314. The van der Waals surface area contributed by atoms with Gasteiger partial charge < -0.3 is 5.32 Å². The van der Waals surface area contributed by atoms with Gasteiger partial charge in [0.1, 0.15) is 0 Å². The zero-order chi connectivity index (χ0) is 11.6. The fourth-order valence-corrected chi connectivity index (χ4v) is 3.25. The quantitative estimate of drug-likeness (QED) is 0.819. The van der Waals surface area contributed by atoms with Crippen LogP contribution in [0.2, 0.25) is 0 Å². The van der Waals surface area contributed by atoms with Gasteiger partial charge in [0.25, 0.3) is 0 Å². The Balaban J connectivity index is 2.96. The van der Waals surface area contributed by atoms with Crippen LogP contribution in [0.4, 0.5) is 0 Å². The first kappa shape index (κ1) is 12.7. The third kappa shape index (κ3) is 2.82. The Morgan fingerprint density at radius 2 is 1.80 bits per heavy atom. The Hall–Kier alpha value is -0.340. The highest BCUT2D eigenvalue weighted by Gasteiger charge is 2.23. The highest BCUT2D eigenvalue weighted by atomic mass is 32.1. The number of rotatable bonds is 4. The lowest BCUT2D eigenvalue weighted by Gasteiger charge is -2.26. The second kappa shape index (κ2) is 5.13. The lowest BCUT2D eigenvalue weighted by molar-refractivity contribution is 0.320. The first-order chi connectivity index (χ1) is 6.97. The Morgan fingerprint density at radius 3 is 2.13 bits per heavy atom. The SMILES string of the molecule is CNC(c1sc(C)cc1C)C(C)C(C)C. The van der Waals surface area contributed by atoms with E-state index in [4.69, 9.17) is 0 Å². The van der Waals surface area contributed by atoms with E-state index in [2.05, 4.69) is 53.0 Å². The van der Waals surface area contributed by atoms with Gasteiger partial charge in [-0.15, -0.1) is 11.3 Å². The zero-order valence-electron chi connectivity index (χ0n) is 10.7. The lowest BCUT2D eigenvalue weighted by atomic mass is 9.88. The van der Waals surface area contributed by atoms with Crippen LogP contribution in [-0.4, -0.2) is 7.05 Å². The summed E-state index contributed by atoms with van der Waals surface area (Å²) >= 11 is 1.93. The lowest BCUT2D eigenvalue weighted by Crippen LogP contribution is -2.26. The summed E-state index contributed by atoms with van der Waals surface area (Å²) in [5, 5.41) is 3.46. The standard InChI is InChI=1S/C13H23NS/c1-8(2)11(5)12(14-6)13-9(3)7-10(4)15-13/h7-8,11-12,14H,1-6H3. The summed E-state index contributed by atoms with van der Waals surface area (Å²) in [4.78, 5) is 2.93. The molecule has 2 heteroatoms. The third-order valence-corrected chi connectivity index (χ3v) is 4.49. The van der Waals surface area contributed by atoms with Gasteiger partial charge in [0.2, 0.25) is 0 Å². The average Bonchev–Trinajstić information content (AvgIpc) is 2.47. The van der Waals surface area contributed by atoms with Gasteiger partial charge in [-0.3, -0.25) is 0 Å². The molecule has 2 atom stereocenters. The molecule has 2 unspecified atom stereocenters. The van der Waals surface area contributed by atoms with E-state index in [0.717, 1.165) is 0 Å². The molecule has 0 radical (unpaired) electrons. The van der Waals surface area contributed by atoms with E-state index in [1.54, 1.807) is 0 Å². The van der Waals surface area contributed by atoms with Crippen molar-refractivity contribution in [2.24, 2.45) is 11.8 Å². The van der Waals surface area contributed by atoms with E-state index in [1.165, 1.54) is 15.3 Å². The Morgan fingerprint density at radius 1 is 1.20 bits per heavy atom. The molecular formula is C13H23NS. The molecule has 0 aliphatic rings. The van der Waals surface area contributed by atoms with Gasteiger partial charge in [0, 0.05) is 15.8 Å². The first-order valence-electron chi connectivity index (χ1n) is 5.71. The summed E-state index contributed by atoms with van der Waals surface area (Å²) in [6, 6.07) is 2.79. The molecule has 0 amide bonds. The molecule has 1 nitrogen and oxygen atoms in total. The minimum Gasteiger partial charge on any atom is -0.312 e. The minimum atomic E-state index is 0.503. The van der Waals surface area contributed by atoms with Crippen molar-refractivity contribution < 1.29 is 0 Å². The molecule has 0 bridgehead atoms. The monoisotopic (exact) mass is 225 g/mol. The summed E-state index contributed by atoms with van der Waals surface area (Å²) in [6.07, 6.45) is 0. The molecule has 0 saturated heterocycles. The molecule has 1 rings (SSSR count). The van der Waals surface area contributed by atoms with E-state index in [1.807, 2.05) is 11.3 Å². The molecule has 86 valence electrons. The smallest absolute Gasteiger partial charge is 0.0443 e. The van der Waals surface area contributed by atoms with Crippen molar-refractivity contribution in [2.75, 3.05) is 7.05 Å². The predicted molar refractivity (Wildman–Crippen MR) is 69.6 cm³/mol. The third-order valence-electron chi connectivity index (χ3n) is 3.25. The molecule has 0 aromatic carbocycles. The van der Waals surface area contributed by atoms with Crippen molar-refractivity contribution in [3.63, 3.8) is 0 Å². The molecule has 0 aliphatic heterocycles.